The summed E-state index contributed by atoms with van der Waals surface area (Å²) in [5.74, 6) is 0. The van der Waals surface area contributed by atoms with Crippen LogP contribution >= 0.6 is 0 Å². The quantitative estimate of drug-likeness (QED) is 0.136. The van der Waals surface area contributed by atoms with E-state index in [1.165, 1.54) is 128 Å². The standard InChI is InChI=1S/C26H49N/c1-2-3-4-5-6-7-8-9-10-11-12-13-14-15-16-17-18-19-20-21-22-23-24-25-26-27/h17-18H,2-16,19-25H2,1H3. The Balaban J connectivity index is 3.05. The van der Waals surface area contributed by atoms with Crippen LogP contribution in [0, 0.1) is 11.3 Å². The van der Waals surface area contributed by atoms with Gasteiger partial charge in [-0.2, -0.15) is 5.26 Å². The zero-order valence-corrected chi connectivity index (χ0v) is 18.7. The predicted molar refractivity (Wildman–Crippen MR) is 122 cm³/mol. The summed E-state index contributed by atoms with van der Waals surface area (Å²) in [6.07, 6.45) is 34.5. The third kappa shape index (κ3) is 25.2. The van der Waals surface area contributed by atoms with Crippen molar-refractivity contribution in [3.8, 4) is 6.07 Å². The Kier molecular flexibility index (Phi) is 24.5. The SMILES string of the molecule is CCCCCCCCCCCCCCCCC=CCCCCCCCC#N. The lowest BCUT2D eigenvalue weighted by molar-refractivity contribution is 0.536. The Morgan fingerprint density at radius 1 is 0.481 bits per heavy atom. The number of allylic oxidation sites excluding steroid dienone is 2. The van der Waals surface area contributed by atoms with Crippen LogP contribution < -0.4 is 0 Å². The lowest BCUT2D eigenvalue weighted by Crippen LogP contribution is -1.83. The van der Waals surface area contributed by atoms with Gasteiger partial charge in [0, 0.05) is 6.42 Å². The van der Waals surface area contributed by atoms with Crippen LogP contribution in [0.2, 0.25) is 0 Å². The Morgan fingerprint density at radius 2 is 0.815 bits per heavy atom. The molecule has 0 spiro atoms. The second-order valence-corrected chi connectivity index (χ2v) is 8.32. The van der Waals surface area contributed by atoms with Crippen LogP contribution in [0.3, 0.4) is 0 Å². The molecule has 0 aliphatic heterocycles. The fraction of sp³-hybridized carbons (Fsp3) is 0.885. The van der Waals surface area contributed by atoms with E-state index in [-0.39, 0.29) is 0 Å². The molecular weight excluding hydrogens is 326 g/mol. The molecule has 0 unspecified atom stereocenters. The molecule has 0 N–H and O–H groups in total. The second-order valence-electron chi connectivity index (χ2n) is 8.32. The van der Waals surface area contributed by atoms with Gasteiger partial charge in [0.1, 0.15) is 0 Å². The van der Waals surface area contributed by atoms with Crippen LogP contribution in [0.25, 0.3) is 0 Å². The molecule has 0 amide bonds. The number of hydrogen-bond acceptors (Lipinski definition) is 1. The third-order valence-corrected chi connectivity index (χ3v) is 5.55. The van der Waals surface area contributed by atoms with Crippen molar-refractivity contribution in [3.05, 3.63) is 12.2 Å². The molecule has 0 rings (SSSR count). The summed E-state index contributed by atoms with van der Waals surface area (Å²) < 4.78 is 0. The Labute approximate surface area is 172 Å². The molecule has 0 fully saturated rings. The van der Waals surface area contributed by atoms with Gasteiger partial charge in [-0.15, -0.1) is 0 Å². The number of nitrogens with zero attached hydrogens (tertiary/aromatic N) is 1. The highest BCUT2D eigenvalue weighted by Gasteiger charge is 1.94. The summed E-state index contributed by atoms with van der Waals surface area (Å²) in [6.45, 7) is 2.29. The van der Waals surface area contributed by atoms with E-state index in [9.17, 15) is 0 Å². The van der Waals surface area contributed by atoms with E-state index >= 15 is 0 Å². The highest BCUT2D eigenvalue weighted by atomic mass is 14.2. The summed E-state index contributed by atoms with van der Waals surface area (Å²) in [5, 5.41) is 8.48. The molecule has 1 nitrogen and oxygen atoms in total. The average molecular weight is 376 g/mol. The highest BCUT2D eigenvalue weighted by molar-refractivity contribution is 4.81. The van der Waals surface area contributed by atoms with Crippen LogP contribution in [0.5, 0.6) is 0 Å². The van der Waals surface area contributed by atoms with Crippen LogP contribution in [0.4, 0.5) is 0 Å². The Bertz CT molecular complexity index is 326. The highest BCUT2D eigenvalue weighted by Crippen LogP contribution is 2.13. The Morgan fingerprint density at radius 3 is 1.19 bits per heavy atom. The number of hydrogen-bond donors (Lipinski definition) is 0. The predicted octanol–water partition coefficient (Wildman–Crippen LogP) is 9.67. The van der Waals surface area contributed by atoms with Gasteiger partial charge in [-0.05, 0) is 32.1 Å². The fourth-order valence-electron chi connectivity index (χ4n) is 3.69. The monoisotopic (exact) mass is 375 g/mol. The molecule has 0 atom stereocenters. The van der Waals surface area contributed by atoms with Gasteiger partial charge in [0.15, 0.2) is 0 Å². The first kappa shape index (κ1) is 26.2. The molecule has 0 heterocycles. The normalized spacial score (nSPS) is 11.3. The smallest absolute Gasteiger partial charge is 0.0621 e. The van der Waals surface area contributed by atoms with Crippen LogP contribution in [-0.4, -0.2) is 0 Å². The van der Waals surface area contributed by atoms with Gasteiger partial charge in [0.05, 0.1) is 6.07 Å². The fourth-order valence-corrected chi connectivity index (χ4v) is 3.69. The summed E-state index contributed by atoms with van der Waals surface area (Å²) in [6, 6.07) is 2.22. The van der Waals surface area contributed by atoms with Gasteiger partial charge in [0.25, 0.3) is 0 Å². The second kappa shape index (κ2) is 25.2. The Hall–Kier alpha value is -0.770. The lowest BCUT2D eigenvalue weighted by Gasteiger charge is -2.02. The molecule has 0 aromatic rings. The number of nitriles is 1. The van der Waals surface area contributed by atoms with Gasteiger partial charge in [0.2, 0.25) is 0 Å². The van der Waals surface area contributed by atoms with E-state index in [1.807, 2.05) is 0 Å². The van der Waals surface area contributed by atoms with Gasteiger partial charge >= 0.3 is 0 Å². The summed E-state index contributed by atoms with van der Waals surface area (Å²) >= 11 is 0. The van der Waals surface area contributed by atoms with E-state index < -0.39 is 0 Å². The largest absolute Gasteiger partial charge is 0.198 e. The molecule has 0 radical (unpaired) electrons. The van der Waals surface area contributed by atoms with Crippen LogP contribution in [0.1, 0.15) is 148 Å². The lowest BCUT2D eigenvalue weighted by atomic mass is 10.0. The first-order valence-corrected chi connectivity index (χ1v) is 12.4. The van der Waals surface area contributed by atoms with Crippen molar-refractivity contribution in [2.75, 3.05) is 0 Å². The van der Waals surface area contributed by atoms with Crippen molar-refractivity contribution >= 4 is 0 Å². The zero-order chi connectivity index (χ0) is 19.7. The summed E-state index contributed by atoms with van der Waals surface area (Å²) in [4.78, 5) is 0. The van der Waals surface area contributed by atoms with Gasteiger partial charge in [-0.25, -0.2) is 0 Å². The van der Waals surface area contributed by atoms with E-state index in [0.29, 0.717) is 0 Å². The summed E-state index contributed by atoms with van der Waals surface area (Å²) in [5.41, 5.74) is 0. The van der Waals surface area contributed by atoms with Gasteiger partial charge < -0.3 is 0 Å². The van der Waals surface area contributed by atoms with E-state index in [4.69, 9.17) is 5.26 Å². The maximum atomic E-state index is 8.48. The molecule has 0 aromatic heterocycles. The molecule has 0 bridgehead atoms. The summed E-state index contributed by atoms with van der Waals surface area (Å²) in [7, 11) is 0. The molecule has 0 saturated heterocycles. The third-order valence-electron chi connectivity index (χ3n) is 5.55. The van der Waals surface area contributed by atoms with Crippen molar-refractivity contribution in [2.45, 2.75) is 148 Å². The number of rotatable bonds is 22. The van der Waals surface area contributed by atoms with Gasteiger partial charge in [-0.1, -0.05) is 122 Å². The molecule has 0 aromatic carbocycles. The molecule has 27 heavy (non-hydrogen) atoms. The maximum absolute atomic E-state index is 8.48. The first-order chi connectivity index (χ1) is 13.4. The molecule has 0 saturated carbocycles. The average Bonchev–Trinajstić information content (AvgIpc) is 2.68. The molecule has 1 heteroatoms. The van der Waals surface area contributed by atoms with Gasteiger partial charge in [-0.3, -0.25) is 0 Å². The minimum absolute atomic E-state index is 0.735. The molecule has 0 aliphatic carbocycles. The van der Waals surface area contributed by atoms with Crippen molar-refractivity contribution in [3.63, 3.8) is 0 Å². The zero-order valence-electron chi connectivity index (χ0n) is 18.7. The van der Waals surface area contributed by atoms with E-state index in [2.05, 4.69) is 25.1 Å². The minimum atomic E-state index is 0.735. The minimum Gasteiger partial charge on any atom is -0.198 e. The topological polar surface area (TPSA) is 23.8 Å². The van der Waals surface area contributed by atoms with E-state index in [0.717, 1.165) is 12.8 Å². The number of unbranched alkanes of at least 4 members (excludes halogenated alkanes) is 20. The van der Waals surface area contributed by atoms with Crippen molar-refractivity contribution < 1.29 is 0 Å². The van der Waals surface area contributed by atoms with E-state index in [1.54, 1.807) is 0 Å². The van der Waals surface area contributed by atoms with Crippen molar-refractivity contribution in [1.29, 1.82) is 5.26 Å². The van der Waals surface area contributed by atoms with Crippen molar-refractivity contribution in [1.82, 2.24) is 0 Å². The molecule has 158 valence electrons. The van der Waals surface area contributed by atoms with Crippen LogP contribution in [0.15, 0.2) is 12.2 Å². The van der Waals surface area contributed by atoms with Crippen molar-refractivity contribution in [2.24, 2.45) is 0 Å². The molecule has 0 aliphatic rings. The van der Waals surface area contributed by atoms with Crippen LogP contribution in [-0.2, 0) is 0 Å². The molecular formula is C26H49N. The first-order valence-electron chi connectivity index (χ1n) is 12.4. The maximum Gasteiger partial charge on any atom is 0.0621 e.